The maximum Gasteiger partial charge on any atom is 0.129 e. The van der Waals surface area contributed by atoms with Gasteiger partial charge in [-0.15, -0.1) is 0 Å². The van der Waals surface area contributed by atoms with Crippen LogP contribution in [0.15, 0.2) is 18.2 Å². The molecule has 0 saturated carbocycles. The van der Waals surface area contributed by atoms with Gasteiger partial charge < -0.3 is 15.2 Å². The average Bonchev–Trinajstić information content (AvgIpc) is 2.32. The van der Waals surface area contributed by atoms with E-state index < -0.39 is 17.2 Å². The number of halogens is 2. The molecule has 3 rings (SSSR count). The molecule has 3 nitrogen and oxygen atoms in total. The molecule has 0 spiro atoms. The van der Waals surface area contributed by atoms with E-state index in [1.54, 1.807) is 0 Å². The lowest BCUT2D eigenvalue weighted by atomic mass is 9.79. The Bertz CT molecular complexity index is 469. The van der Waals surface area contributed by atoms with Gasteiger partial charge >= 0.3 is 0 Å². The minimum Gasteiger partial charge on any atom is -0.389 e. The number of aliphatic hydroxyl groups is 1. The second-order valence-corrected chi connectivity index (χ2v) is 5.64. The quantitative estimate of drug-likeness (QED) is 0.852. The Morgan fingerprint density at radius 3 is 2.58 bits per heavy atom. The van der Waals surface area contributed by atoms with Crippen LogP contribution in [-0.4, -0.2) is 36.0 Å². The number of benzene rings is 1. The summed E-state index contributed by atoms with van der Waals surface area (Å²) >= 11 is 0. The fraction of sp³-hybridized carbons (Fsp3) is 0.571. The monoisotopic (exact) mass is 269 g/mol. The Morgan fingerprint density at radius 2 is 1.95 bits per heavy atom. The van der Waals surface area contributed by atoms with Crippen molar-refractivity contribution in [1.29, 1.82) is 0 Å². The van der Waals surface area contributed by atoms with Crippen LogP contribution in [0.4, 0.5) is 8.78 Å². The Labute approximate surface area is 110 Å². The van der Waals surface area contributed by atoms with Crippen LogP contribution in [0.2, 0.25) is 0 Å². The fourth-order valence-electron chi connectivity index (χ4n) is 3.18. The van der Waals surface area contributed by atoms with Crippen molar-refractivity contribution in [2.24, 2.45) is 0 Å². The molecule has 2 fully saturated rings. The molecule has 0 aromatic heterocycles. The number of nitrogens with one attached hydrogen (secondary N) is 1. The van der Waals surface area contributed by atoms with Crippen LogP contribution in [0.25, 0.3) is 0 Å². The Balaban J connectivity index is 1.77. The van der Waals surface area contributed by atoms with Crippen molar-refractivity contribution in [1.82, 2.24) is 5.32 Å². The zero-order valence-electron chi connectivity index (χ0n) is 10.5. The molecule has 0 amide bonds. The van der Waals surface area contributed by atoms with Crippen LogP contribution >= 0.6 is 0 Å². The second kappa shape index (κ2) is 4.81. The van der Waals surface area contributed by atoms with Crippen LogP contribution in [0, 0.1) is 11.6 Å². The zero-order chi connectivity index (χ0) is 13.5. The Hall–Kier alpha value is -1.04. The molecular weight excluding hydrogens is 252 g/mol. The van der Waals surface area contributed by atoms with Crippen molar-refractivity contribution in [3.05, 3.63) is 35.4 Å². The Morgan fingerprint density at radius 1 is 1.26 bits per heavy atom. The molecule has 2 heterocycles. The lowest BCUT2D eigenvalue weighted by Crippen LogP contribution is -2.60. The summed E-state index contributed by atoms with van der Waals surface area (Å²) in [5.74, 6) is -1.18. The minimum absolute atomic E-state index is 0.112. The van der Waals surface area contributed by atoms with E-state index in [9.17, 15) is 13.9 Å². The normalized spacial score (nSPS) is 34.3. The summed E-state index contributed by atoms with van der Waals surface area (Å²) in [5, 5.41) is 14.0. The molecule has 2 aliphatic heterocycles. The summed E-state index contributed by atoms with van der Waals surface area (Å²) < 4.78 is 32.0. The summed E-state index contributed by atoms with van der Waals surface area (Å²) in [6.07, 6.45) is 1.27. The lowest BCUT2D eigenvalue weighted by molar-refractivity contribution is -0.0758. The van der Waals surface area contributed by atoms with Gasteiger partial charge in [0.15, 0.2) is 0 Å². The SMILES string of the molecule is OC1(Cc2ccc(F)cc2F)CC2COCC(C1)N2. The third-order valence-corrected chi connectivity index (χ3v) is 3.90. The van der Waals surface area contributed by atoms with E-state index in [2.05, 4.69) is 5.32 Å². The van der Waals surface area contributed by atoms with Gasteiger partial charge in [0.25, 0.3) is 0 Å². The third-order valence-electron chi connectivity index (χ3n) is 3.90. The van der Waals surface area contributed by atoms with E-state index in [-0.39, 0.29) is 18.5 Å². The van der Waals surface area contributed by atoms with Crippen molar-refractivity contribution < 1.29 is 18.6 Å². The maximum atomic E-state index is 13.7. The topological polar surface area (TPSA) is 41.5 Å². The molecule has 2 saturated heterocycles. The predicted octanol–water partition coefficient (Wildman–Crippen LogP) is 1.39. The second-order valence-electron chi connectivity index (χ2n) is 5.64. The zero-order valence-corrected chi connectivity index (χ0v) is 10.5. The lowest BCUT2D eigenvalue weighted by Gasteiger charge is -2.45. The van der Waals surface area contributed by atoms with Crippen LogP contribution in [0.5, 0.6) is 0 Å². The molecular formula is C14H17F2NO2. The first-order valence-corrected chi connectivity index (χ1v) is 6.54. The standard InChI is InChI=1S/C14H17F2NO2/c15-10-2-1-9(13(16)3-10)4-14(18)5-11-7-19-8-12(6-14)17-11/h1-3,11-12,17-18H,4-8H2. The smallest absolute Gasteiger partial charge is 0.129 e. The summed E-state index contributed by atoms with van der Waals surface area (Å²) in [4.78, 5) is 0. The Kier molecular flexibility index (Phi) is 3.28. The van der Waals surface area contributed by atoms with Crippen molar-refractivity contribution in [3.8, 4) is 0 Å². The van der Waals surface area contributed by atoms with Gasteiger partial charge in [0, 0.05) is 24.6 Å². The molecule has 2 atom stereocenters. The van der Waals surface area contributed by atoms with E-state index >= 15 is 0 Å². The fourth-order valence-corrected chi connectivity index (χ4v) is 3.18. The van der Waals surface area contributed by atoms with Gasteiger partial charge in [0.05, 0.1) is 18.8 Å². The van der Waals surface area contributed by atoms with Gasteiger partial charge in [-0.1, -0.05) is 6.07 Å². The van der Waals surface area contributed by atoms with Crippen molar-refractivity contribution in [3.63, 3.8) is 0 Å². The van der Waals surface area contributed by atoms with Crippen LogP contribution < -0.4 is 5.32 Å². The molecule has 0 radical (unpaired) electrons. The highest BCUT2D eigenvalue weighted by atomic mass is 19.1. The van der Waals surface area contributed by atoms with Crippen LogP contribution in [0.1, 0.15) is 18.4 Å². The van der Waals surface area contributed by atoms with Crippen molar-refractivity contribution in [2.75, 3.05) is 13.2 Å². The highest BCUT2D eigenvalue weighted by Crippen LogP contribution is 2.31. The van der Waals surface area contributed by atoms with Gasteiger partial charge in [-0.25, -0.2) is 8.78 Å². The van der Waals surface area contributed by atoms with Gasteiger partial charge in [0.2, 0.25) is 0 Å². The van der Waals surface area contributed by atoms with E-state index in [1.807, 2.05) is 0 Å². The molecule has 2 aliphatic rings. The van der Waals surface area contributed by atoms with Crippen LogP contribution in [-0.2, 0) is 11.2 Å². The number of fused-ring (bicyclic) bond motifs is 2. The van der Waals surface area contributed by atoms with Crippen molar-refractivity contribution in [2.45, 2.75) is 36.9 Å². The van der Waals surface area contributed by atoms with Crippen molar-refractivity contribution >= 4 is 0 Å². The molecule has 1 aromatic rings. The molecule has 2 N–H and O–H groups in total. The van der Waals surface area contributed by atoms with E-state index in [1.165, 1.54) is 12.1 Å². The summed E-state index contributed by atoms with van der Waals surface area (Å²) in [6, 6.07) is 3.73. The minimum atomic E-state index is -0.941. The van der Waals surface area contributed by atoms with Gasteiger partial charge in [-0.3, -0.25) is 0 Å². The first-order chi connectivity index (χ1) is 9.04. The molecule has 104 valence electrons. The summed E-state index contributed by atoms with van der Waals surface area (Å²) in [7, 11) is 0. The van der Waals surface area contributed by atoms with E-state index in [0.29, 0.717) is 31.6 Å². The van der Waals surface area contributed by atoms with Gasteiger partial charge in [-0.05, 0) is 24.5 Å². The van der Waals surface area contributed by atoms with Gasteiger partial charge in [0.1, 0.15) is 11.6 Å². The molecule has 0 aliphatic carbocycles. The number of hydrogen-bond acceptors (Lipinski definition) is 3. The number of piperidine rings is 1. The van der Waals surface area contributed by atoms with E-state index in [4.69, 9.17) is 4.74 Å². The van der Waals surface area contributed by atoms with E-state index in [0.717, 1.165) is 6.07 Å². The first kappa shape index (κ1) is 13.0. The number of rotatable bonds is 2. The third kappa shape index (κ3) is 2.78. The maximum absolute atomic E-state index is 13.7. The number of morpholine rings is 1. The molecule has 1 aromatic carbocycles. The number of hydrogen-bond donors (Lipinski definition) is 2. The predicted molar refractivity (Wildman–Crippen MR) is 65.8 cm³/mol. The highest BCUT2D eigenvalue weighted by Gasteiger charge is 2.41. The van der Waals surface area contributed by atoms with Gasteiger partial charge in [-0.2, -0.15) is 0 Å². The molecule has 19 heavy (non-hydrogen) atoms. The van der Waals surface area contributed by atoms with Crippen LogP contribution in [0.3, 0.4) is 0 Å². The molecule has 5 heteroatoms. The largest absolute Gasteiger partial charge is 0.389 e. The summed E-state index contributed by atoms with van der Waals surface area (Å²) in [5.41, 5.74) is -0.576. The molecule has 2 unspecified atom stereocenters. The molecule has 2 bridgehead atoms. The number of ether oxygens (including phenoxy) is 1. The average molecular weight is 269 g/mol. The summed E-state index contributed by atoms with van der Waals surface area (Å²) in [6.45, 7) is 1.15. The first-order valence-electron chi connectivity index (χ1n) is 6.54. The highest BCUT2D eigenvalue weighted by molar-refractivity contribution is 5.21.